The lowest BCUT2D eigenvalue weighted by atomic mass is 10.2. The van der Waals surface area contributed by atoms with Crippen LogP contribution in [0.25, 0.3) is 0 Å². The number of benzene rings is 1. The third-order valence-electron chi connectivity index (χ3n) is 3.08. The number of ether oxygens (including phenoxy) is 2. The molecule has 0 saturated carbocycles. The van der Waals surface area contributed by atoms with Crippen molar-refractivity contribution in [1.29, 1.82) is 0 Å². The van der Waals surface area contributed by atoms with Crippen LogP contribution in [0.5, 0.6) is 5.75 Å². The van der Waals surface area contributed by atoms with Gasteiger partial charge in [0.25, 0.3) is 5.91 Å². The predicted molar refractivity (Wildman–Crippen MR) is 78.2 cm³/mol. The molecule has 1 aliphatic rings. The highest BCUT2D eigenvalue weighted by atomic mass is 16.5. The van der Waals surface area contributed by atoms with E-state index in [1.54, 1.807) is 25.3 Å². The fourth-order valence-corrected chi connectivity index (χ4v) is 2.04. The van der Waals surface area contributed by atoms with Crippen molar-refractivity contribution in [2.45, 2.75) is 6.42 Å². The summed E-state index contributed by atoms with van der Waals surface area (Å²) in [4.78, 5) is 25.2. The molecule has 0 unspecified atom stereocenters. The van der Waals surface area contributed by atoms with Gasteiger partial charge in [0, 0.05) is 25.9 Å². The van der Waals surface area contributed by atoms with Crippen molar-refractivity contribution in [1.82, 2.24) is 5.32 Å². The molecule has 21 heavy (non-hydrogen) atoms. The lowest BCUT2D eigenvalue weighted by Gasteiger charge is -2.29. The number of nitrogens with one attached hydrogen (secondary N) is 1. The summed E-state index contributed by atoms with van der Waals surface area (Å²) in [5.74, 6) is 0.0610. The molecule has 3 N–H and O–H groups in total. The lowest BCUT2D eigenvalue weighted by molar-refractivity contribution is -0.125. The van der Waals surface area contributed by atoms with Crippen LogP contribution in [-0.2, 0) is 14.3 Å². The molecule has 0 saturated heterocycles. The molecule has 0 radical (unpaired) electrons. The number of anilines is 2. The highest BCUT2D eigenvalue weighted by Gasteiger charge is 2.27. The Morgan fingerprint density at radius 3 is 3.10 bits per heavy atom. The molecule has 7 nitrogen and oxygen atoms in total. The van der Waals surface area contributed by atoms with Gasteiger partial charge >= 0.3 is 0 Å². The molecule has 1 aromatic carbocycles. The standard InChI is InChI=1S/C14H19N3O4/c1-20-6-2-5-16-13(18)8-17-11-7-10(15)3-4-12(11)21-9-14(17)19/h3-4,7H,2,5-6,8-9,15H2,1H3,(H,16,18). The quantitative estimate of drug-likeness (QED) is 0.575. The largest absolute Gasteiger partial charge is 0.482 e. The number of carbonyl (C=O) groups is 2. The number of fused-ring (bicyclic) bond motifs is 1. The molecule has 0 fully saturated rings. The zero-order valence-corrected chi connectivity index (χ0v) is 11.9. The predicted octanol–water partition coefficient (Wildman–Crippen LogP) is 0.147. The van der Waals surface area contributed by atoms with E-state index < -0.39 is 0 Å². The van der Waals surface area contributed by atoms with Gasteiger partial charge in [0.2, 0.25) is 5.91 Å². The van der Waals surface area contributed by atoms with E-state index in [4.69, 9.17) is 15.2 Å². The summed E-state index contributed by atoms with van der Waals surface area (Å²) in [7, 11) is 1.61. The number of methoxy groups -OCH3 is 1. The van der Waals surface area contributed by atoms with Gasteiger partial charge in [-0.25, -0.2) is 0 Å². The number of hydrogen-bond acceptors (Lipinski definition) is 5. The fraction of sp³-hybridized carbons (Fsp3) is 0.429. The molecule has 0 spiro atoms. The minimum absolute atomic E-state index is 0.0500. The molecule has 0 aromatic heterocycles. The Bertz CT molecular complexity index is 533. The Labute approximate surface area is 123 Å². The fourth-order valence-electron chi connectivity index (χ4n) is 2.04. The highest BCUT2D eigenvalue weighted by Crippen LogP contribution is 2.33. The summed E-state index contributed by atoms with van der Waals surface area (Å²) in [5.41, 5.74) is 6.76. The number of amides is 2. The maximum absolute atomic E-state index is 11.9. The minimum atomic E-state index is -0.264. The van der Waals surface area contributed by atoms with Crippen LogP contribution in [0, 0.1) is 0 Å². The van der Waals surface area contributed by atoms with Crippen molar-refractivity contribution in [2.24, 2.45) is 0 Å². The summed E-state index contributed by atoms with van der Waals surface area (Å²) >= 11 is 0. The number of carbonyl (C=O) groups excluding carboxylic acids is 2. The van der Waals surface area contributed by atoms with Crippen LogP contribution in [0.1, 0.15) is 6.42 Å². The summed E-state index contributed by atoms with van der Waals surface area (Å²) in [6, 6.07) is 5.02. The Kier molecular flexibility index (Phi) is 4.99. The molecule has 0 aliphatic carbocycles. The van der Waals surface area contributed by atoms with Crippen molar-refractivity contribution < 1.29 is 19.1 Å². The van der Waals surface area contributed by atoms with Crippen molar-refractivity contribution in [3.8, 4) is 5.75 Å². The molecule has 1 aromatic rings. The second kappa shape index (κ2) is 6.94. The van der Waals surface area contributed by atoms with Crippen LogP contribution in [0.3, 0.4) is 0 Å². The summed E-state index contributed by atoms with van der Waals surface area (Å²) < 4.78 is 10.2. The summed E-state index contributed by atoms with van der Waals surface area (Å²) in [6.07, 6.45) is 0.725. The smallest absolute Gasteiger partial charge is 0.265 e. The average molecular weight is 293 g/mol. The SMILES string of the molecule is COCCCNC(=O)CN1C(=O)COc2ccc(N)cc21. The first-order chi connectivity index (χ1) is 10.1. The topological polar surface area (TPSA) is 93.9 Å². The van der Waals surface area contributed by atoms with Gasteiger partial charge in [-0.1, -0.05) is 0 Å². The normalized spacial score (nSPS) is 13.6. The van der Waals surface area contributed by atoms with Crippen molar-refractivity contribution in [2.75, 3.05) is 44.0 Å². The molecule has 0 atom stereocenters. The van der Waals surface area contributed by atoms with E-state index in [0.717, 1.165) is 6.42 Å². The number of nitrogens with two attached hydrogens (primary N) is 1. The van der Waals surface area contributed by atoms with Crippen molar-refractivity contribution in [3.05, 3.63) is 18.2 Å². The van der Waals surface area contributed by atoms with Gasteiger partial charge in [-0.15, -0.1) is 0 Å². The third kappa shape index (κ3) is 3.85. The first-order valence-corrected chi connectivity index (χ1v) is 6.70. The Balaban J connectivity index is 2.01. The van der Waals surface area contributed by atoms with E-state index in [1.807, 2.05) is 0 Å². The number of nitrogen functional groups attached to an aromatic ring is 1. The average Bonchev–Trinajstić information content (AvgIpc) is 2.47. The Hall–Kier alpha value is -2.28. The van der Waals surface area contributed by atoms with Crippen molar-refractivity contribution >= 4 is 23.2 Å². The molecule has 1 aliphatic heterocycles. The first kappa shape index (κ1) is 15.1. The van der Waals surface area contributed by atoms with E-state index >= 15 is 0 Å². The van der Waals surface area contributed by atoms with E-state index in [2.05, 4.69) is 5.32 Å². The van der Waals surface area contributed by atoms with Gasteiger partial charge in [-0.05, 0) is 24.6 Å². The minimum Gasteiger partial charge on any atom is -0.482 e. The van der Waals surface area contributed by atoms with Crippen LogP contribution < -0.4 is 20.7 Å². The molecule has 0 bridgehead atoms. The van der Waals surface area contributed by atoms with E-state index in [0.29, 0.717) is 30.3 Å². The summed E-state index contributed by atoms with van der Waals surface area (Å²) in [6.45, 7) is 0.963. The number of rotatable bonds is 6. The van der Waals surface area contributed by atoms with E-state index in [-0.39, 0.29) is 25.0 Å². The van der Waals surface area contributed by atoms with Crippen LogP contribution in [0.4, 0.5) is 11.4 Å². The second-order valence-corrected chi connectivity index (χ2v) is 4.69. The van der Waals surface area contributed by atoms with Crippen LogP contribution in [-0.4, -0.2) is 45.2 Å². The van der Waals surface area contributed by atoms with Crippen LogP contribution in [0.2, 0.25) is 0 Å². The van der Waals surface area contributed by atoms with Gasteiger partial charge in [0.1, 0.15) is 12.3 Å². The molecule has 7 heteroatoms. The third-order valence-corrected chi connectivity index (χ3v) is 3.08. The van der Waals surface area contributed by atoms with Gasteiger partial charge in [0.15, 0.2) is 6.61 Å². The zero-order valence-electron chi connectivity index (χ0n) is 11.9. The number of nitrogens with zero attached hydrogens (tertiary/aromatic N) is 1. The molecular formula is C14H19N3O4. The highest BCUT2D eigenvalue weighted by molar-refractivity contribution is 6.02. The lowest BCUT2D eigenvalue weighted by Crippen LogP contribution is -2.45. The Morgan fingerprint density at radius 2 is 2.33 bits per heavy atom. The van der Waals surface area contributed by atoms with Crippen LogP contribution in [0.15, 0.2) is 18.2 Å². The molecule has 2 amide bonds. The molecular weight excluding hydrogens is 274 g/mol. The number of hydrogen-bond donors (Lipinski definition) is 2. The molecule has 114 valence electrons. The van der Waals surface area contributed by atoms with Crippen LogP contribution >= 0.6 is 0 Å². The summed E-state index contributed by atoms with van der Waals surface area (Å²) in [5, 5.41) is 2.75. The van der Waals surface area contributed by atoms with E-state index in [1.165, 1.54) is 4.90 Å². The second-order valence-electron chi connectivity index (χ2n) is 4.69. The van der Waals surface area contributed by atoms with Gasteiger partial charge < -0.3 is 20.5 Å². The first-order valence-electron chi connectivity index (χ1n) is 6.70. The maximum Gasteiger partial charge on any atom is 0.265 e. The van der Waals surface area contributed by atoms with E-state index in [9.17, 15) is 9.59 Å². The maximum atomic E-state index is 11.9. The van der Waals surface area contributed by atoms with Gasteiger partial charge in [-0.3, -0.25) is 14.5 Å². The van der Waals surface area contributed by atoms with Gasteiger partial charge in [-0.2, -0.15) is 0 Å². The van der Waals surface area contributed by atoms with Gasteiger partial charge in [0.05, 0.1) is 5.69 Å². The molecule has 2 rings (SSSR count). The van der Waals surface area contributed by atoms with Crippen molar-refractivity contribution in [3.63, 3.8) is 0 Å². The Morgan fingerprint density at radius 1 is 1.52 bits per heavy atom. The monoisotopic (exact) mass is 293 g/mol. The zero-order chi connectivity index (χ0) is 15.2. The molecule has 1 heterocycles.